The molecule has 30 heavy (non-hydrogen) atoms. The molecule has 0 saturated heterocycles. The van der Waals surface area contributed by atoms with Gasteiger partial charge in [-0.3, -0.25) is 4.79 Å². The molecule has 5 rings (SSSR count). The molecule has 0 aromatic carbocycles. The lowest BCUT2D eigenvalue weighted by atomic mass is 9.47. The molecule has 0 amide bonds. The van der Waals surface area contributed by atoms with Gasteiger partial charge >= 0.3 is 6.16 Å². The zero-order valence-corrected chi connectivity index (χ0v) is 17.3. The Labute approximate surface area is 176 Å². The van der Waals surface area contributed by atoms with Crippen LogP contribution in [0.5, 0.6) is 0 Å². The summed E-state index contributed by atoms with van der Waals surface area (Å²) in [4.78, 5) is 22.8. The van der Waals surface area contributed by atoms with Crippen LogP contribution in [0.1, 0.15) is 51.9 Å². The van der Waals surface area contributed by atoms with Gasteiger partial charge in [0.1, 0.15) is 0 Å². The molecule has 5 aliphatic rings. The van der Waals surface area contributed by atoms with Gasteiger partial charge in [0.25, 0.3) is 0 Å². The number of aliphatic hydroxyl groups excluding tert-OH is 1. The maximum Gasteiger partial charge on any atom is 0.510 e. The minimum absolute atomic E-state index is 0.140. The van der Waals surface area contributed by atoms with E-state index in [1.54, 1.807) is 12.2 Å². The van der Waals surface area contributed by atoms with Gasteiger partial charge in [0.05, 0.1) is 18.1 Å². The van der Waals surface area contributed by atoms with Crippen molar-refractivity contribution in [3.8, 4) is 0 Å². The summed E-state index contributed by atoms with van der Waals surface area (Å²) in [7, 11) is 0. The quantitative estimate of drug-likeness (QED) is 0.468. The van der Waals surface area contributed by atoms with E-state index in [1.165, 1.54) is 6.26 Å². The van der Waals surface area contributed by atoms with Crippen molar-refractivity contribution >= 4 is 11.9 Å². The Bertz CT molecular complexity index is 871. The molecular formula is C24H30O6. The summed E-state index contributed by atoms with van der Waals surface area (Å²) < 4.78 is 4.62. The molecule has 6 heteroatoms. The Morgan fingerprint density at radius 3 is 2.80 bits per heavy atom. The largest absolute Gasteiger partial charge is 0.515 e. The van der Waals surface area contributed by atoms with Crippen LogP contribution in [0.3, 0.4) is 0 Å². The molecule has 0 unspecified atom stereocenters. The Morgan fingerprint density at radius 1 is 1.30 bits per heavy atom. The highest BCUT2D eigenvalue weighted by Gasteiger charge is 2.76. The molecule has 8 atom stereocenters. The molecule has 0 aliphatic heterocycles. The van der Waals surface area contributed by atoms with Gasteiger partial charge in [-0.15, -0.1) is 0 Å². The van der Waals surface area contributed by atoms with Crippen LogP contribution in [0.4, 0.5) is 4.79 Å². The lowest BCUT2D eigenvalue weighted by Crippen LogP contribution is -2.56. The number of hydrogen-bond donors (Lipinski definition) is 3. The van der Waals surface area contributed by atoms with Crippen LogP contribution in [0.25, 0.3) is 0 Å². The smallest absolute Gasteiger partial charge is 0.510 e. The lowest BCUT2D eigenvalue weighted by molar-refractivity contribution is -0.125. The molecule has 4 saturated carbocycles. The summed E-state index contributed by atoms with van der Waals surface area (Å²) in [5.74, 6) is 2.20. The highest BCUT2D eigenvalue weighted by molar-refractivity contribution is 5.92. The first-order chi connectivity index (χ1) is 14.4. The monoisotopic (exact) mass is 414 g/mol. The van der Waals surface area contributed by atoms with Crippen molar-refractivity contribution in [2.45, 2.75) is 57.5 Å². The van der Waals surface area contributed by atoms with Gasteiger partial charge in [-0.05, 0) is 97.3 Å². The average molecular weight is 414 g/mol. The number of ketones is 1. The van der Waals surface area contributed by atoms with E-state index in [-0.39, 0.29) is 17.1 Å². The number of ether oxygens (including phenoxy) is 1. The predicted molar refractivity (Wildman–Crippen MR) is 108 cm³/mol. The summed E-state index contributed by atoms with van der Waals surface area (Å²) in [6, 6.07) is 0. The molecule has 3 N–H and O–H groups in total. The molecule has 0 bridgehead atoms. The first-order valence-corrected chi connectivity index (χ1v) is 11.2. The molecule has 162 valence electrons. The van der Waals surface area contributed by atoms with Crippen molar-refractivity contribution in [1.29, 1.82) is 0 Å². The van der Waals surface area contributed by atoms with Crippen molar-refractivity contribution in [2.75, 3.05) is 0 Å². The van der Waals surface area contributed by atoms with Crippen molar-refractivity contribution < 1.29 is 29.6 Å². The van der Waals surface area contributed by atoms with Gasteiger partial charge in [0.15, 0.2) is 5.78 Å². The zero-order chi connectivity index (χ0) is 21.3. The number of aliphatic hydroxyl groups is 2. The Hall–Kier alpha value is -2.08. The Kier molecular flexibility index (Phi) is 4.44. The van der Waals surface area contributed by atoms with Crippen LogP contribution in [0, 0.1) is 40.9 Å². The first-order valence-electron chi connectivity index (χ1n) is 11.2. The fraction of sp³-hybridized carbons (Fsp3) is 0.667. The summed E-state index contributed by atoms with van der Waals surface area (Å²) >= 11 is 0. The molecule has 4 fully saturated rings. The standard InChI is InChI=1S/C24H30O6/c1-2-23-6-5-16-15-4-3-14(26)10-17(15)13(12-25)9-18(16)21(23)19-11-20(19)24(23,29)7-8-30-22(27)28/h7-8,10,12,15-16,18-21,25,29H,2-6,9,11H2,1H3,(H,27,28)/b8-7-,13-12?/t15-,16-,18-,19-,20+,21-,23+,24+/m1/s1. The number of hydrogen-bond acceptors (Lipinski definition) is 5. The molecular weight excluding hydrogens is 384 g/mol. The van der Waals surface area contributed by atoms with Gasteiger partial charge in [-0.2, -0.15) is 0 Å². The average Bonchev–Trinajstić information content (AvgIpc) is 3.48. The fourth-order valence-electron chi connectivity index (χ4n) is 8.20. The molecule has 0 spiro atoms. The van der Waals surface area contributed by atoms with Crippen molar-refractivity contribution in [2.24, 2.45) is 40.9 Å². The third-order valence-corrected chi connectivity index (χ3v) is 9.28. The fourth-order valence-corrected chi connectivity index (χ4v) is 8.20. The van der Waals surface area contributed by atoms with Crippen LogP contribution in [-0.4, -0.2) is 32.9 Å². The number of carboxylic acid groups (broad SMARTS) is 1. The summed E-state index contributed by atoms with van der Waals surface area (Å²) in [5.41, 5.74) is 0.569. The molecule has 0 aromatic rings. The van der Waals surface area contributed by atoms with Crippen molar-refractivity contribution in [3.05, 3.63) is 35.8 Å². The van der Waals surface area contributed by atoms with Crippen LogP contribution >= 0.6 is 0 Å². The molecule has 5 aliphatic carbocycles. The molecule has 0 aromatic heterocycles. The Morgan fingerprint density at radius 2 is 2.10 bits per heavy atom. The maximum atomic E-state index is 12.0. The third kappa shape index (κ3) is 2.52. The highest BCUT2D eigenvalue weighted by atomic mass is 16.7. The number of carbonyl (C=O) groups is 2. The van der Waals surface area contributed by atoms with Gasteiger partial charge in [-0.25, -0.2) is 4.79 Å². The van der Waals surface area contributed by atoms with E-state index in [0.717, 1.165) is 55.9 Å². The molecule has 0 radical (unpaired) electrons. The zero-order valence-electron chi connectivity index (χ0n) is 17.3. The maximum absolute atomic E-state index is 12.0. The lowest BCUT2D eigenvalue weighted by Gasteiger charge is -2.58. The topological polar surface area (TPSA) is 104 Å². The third-order valence-electron chi connectivity index (χ3n) is 9.28. The van der Waals surface area contributed by atoms with Gasteiger partial charge in [0.2, 0.25) is 0 Å². The van der Waals surface area contributed by atoms with E-state index in [0.29, 0.717) is 36.0 Å². The normalized spacial score (nSPS) is 47.9. The van der Waals surface area contributed by atoms with Crippen LogP contribution < -0.4 is 0 Å². The van der Waals surface area contributed by atoms with E-state index in [9.17, 15) is 19.8 Å². The summed E-state index contributed by atoms with van der Waals surface area (Å²) in [6.07, 6.45) is 10.2. The van der Waals surface area contributed by atoms with Gasteiger partial charge in [0, 0.05) is 11.8 Å². The minimum Gasteiger partial charge on any atom is -0.515 e. The van der Waals surface area contributed by atoms with E-state index in [2.05, 4.69) is 11.7 Å². The number of carbonyl (C=O) groups excluding carboxylic acids is 1. The highest BCUT2D eigenvalue weighted by Crippen LogP contribution is 2.77. The summed E-state index contributed by atoms with van der Waals surface area (Å²) in [6.45, 7) is 2.13. The molecule has 0 heterocycles. The minimum atomic E-state index is -1.37. The van der Waals surface area contributed by atoms with Gasteiger partial charge in [-0.1, -0.05) is 6.92 Å². The van der Waals surface area contributed by atoms with E-state index < -0.39 is 11.8 Å². The van der Waals surface area contributed by atoms with E-state index in [4.69, 9.17) is 5.11 Å². The second kappa shape index (κ2) is 6.71. The Balaban J connectivity index is 1.52. The number of fused-ring (bicyclic) bond motifs is 7. The second-order valence-electron chi connectivity index (χ2n) is 9.99. The van der Waals surface area contributed by atoms with Gasteiger partial charge < -0.3 is 20.1 Å². The van der Waals surface area contributed by atoms with Crippen molar-refractivity contribution in [1.82, 2.24) is 0 Å². The first kappa shape index (κ1) is 19.9. The summed E-state index contributed by atoms with van der Waals surface area (Å²) in [5, 5.41) is 30.7. The van der Waals surface area contributed by atoms with Crippen LogP contribution in [-0.2, 0) is 9.53 Å². The SMILES string of the molecule is CC[C@]12CC[C@H]3[C@@H](CC(=CO)C4=CC(=O)CC[C@@H]43)[C@@H]1[C@@H]1C[C@@H]1[C@@]2(O)/C=C\OC(=O)O. The predicted octanol–water partition coefficient (Wildman–Crippen LogP) is 4.37. The van der Waals surface area contributed by atoms with Crippen LogP contribution in [0.15, 0.2) is 35.8 Å². The second-order valence-corrected chi connectivity index (χ2v) is 9.99. The number of rotatable bonds is 3. The molecule has 6 nitrogen and oxygen atoms in total. The van der Waals surface area contributed by atoms with Crippen molar-refractivity contribution in [3.63, 3.8) is 0 Å². The van der Waals surface area contributed by atoms with Crippen LogP contribution in [0.2, 0.25) is 0 Å². The number of allylic oxidation sites excluding steroid dienone is 2. The van der Waals surface area contributed by atoms with E-state index >= 15 is 0 Å². The van der Waals surface area contributed by atoms with E-state index in [1.807, 2.05) is 0 Å².